The van der Waals surface area contributed by atoms with Crippen molar-refractivity contribution in [3.8, 4) is 5.75 Å². The second-order valence-electron chi connectivity index (χ2n) is 3.29. The Kier molecular flexibility index (Phi) is 4.36. The van der Waals surface area contributed by atoms with Gasteiger partial charge < -0.3 is 9.84 Å². The minimum atomic E-state index is -1.52. The van der Waals surface area contributed by atoms with Gasteiger partial charge in [-0.05, 0) is 6.42 Å². The predicted molar refractivity (Wildman–Crippen MR) is 60.3 cm³/mol. The van der Waals surface area contributed by atoms with Gasteiger partial charge in [0.2, 0.25) is 0 Å². The lowest BCUT2D eigenvalue weighted by Crippen LogP contribution is -2.06. The molecule has 0 fully saturated rings. The van der Waals surface area contributed by atoms with Crippen LogP contribution in [0.1, 0.15) is 16.8 Å². The molecule has 1 aromatic rings. The maximum absolute atomic E-state index is 13.4. The number of carboxylic acid groups (broad SMARTS) is 1. The maximum atomic E-state index is 13.4. The quantitative estimate of drug-likeness (QED) is 0.365. The molecule has 0 aliphatic rings. The van der Waals surface area contributed by atoms with Crippen LogP contribution >= 0.6 is 0 Å². The molecule has 18 heavy (non-hydrogen) atoms. The second-order valence-corrected chi connectivity index (χ2v) is 3.29. The number of carbonyl (C=O) groups is 1. The SMILES string of the molecule is C=CCCOc1cc(C(=O)O)c([N+](=O)[O-])cc1F. The predicted octanol–water partition coefficient (Wildman–Crippen LogP) is 2.39. The summed E-state index contributed by atoms with van der Waals surface area (Å²) < 4.78 is 18.4. The molecule has 1 rings (SSSR count). The molecule has 1 aromatic carbocycles. The second kappa shape index (κ2) is 5.76. The molecule has 0 unspecified atom stereocenters. The van der Waals surface area contributed by atoms with Gasteiger partial charge in [0.1, 0.15) is 5.56 Å². The third kappa shape index (κ3) is 3.03. The van der Waals surface area contributed by atoms with E-state index >= 15 is 0 Å². The molecule has 6 nitrogen and oxygen atoms in total. The summed E-state index contributed by atoms with van der Waals surface area (Å²) in [4.78, 5) is 20.4. The van der Waals surface area contributed by atoms with Gasteiger partial charge in [-0.1, -0.05) is 6.08 Å². The highest BCUT2D eigenvalue weighted by Gasteiger charge is 2.23. The molecule has 0 spiro atoms. The van der Waals surface area contributed by atoms with Gasteiger partial charge >= 0.3 is 5.97 Å². The van der Waals surface area contributed by atoms with E-state index in [4.69, 9.17) is 9.84 Å². The van der Waals surface area contributed by atoms with Gasteiger partial charge in [0.25, 0.3) is 5.69 Å². The van der Waals surface area contributed by atoms with E-state index in [9.17, 15) is 19.3 Å². The van der Waals surface area contributed by atoms with Gasteiger partial charge in [-0.2, -0.15) is 0 Å². The first-order valence-electron chi connectivity index (χ1n) is 4.92. The van der Waals surface area contributed by atoms with Crippen LogP contribution in [0.15, 0.2) is 24.8 Å². The molecular weight excluding hydrogens is 245 g/mol. The highest BCUT2D eigenvalue weighted by molar-refractivity contribution is 5.92. The molecule has 0 amide bonds. The molecule has 0 saturated heterocycles. The smallest absolute Gasteiger partial charge is 0.342 e. The van der Waals surface area contributed by atoms with Crippen molar-refractivity contribution in [1.82, 2.24) is 0 Å². The van der Waals surface area contributed by atoms with E-state index in [1.165, 1.54) is 0 Å². The summed E-state index contributed by atoms with van der Waals surface area (Å²) >= 11 is 0. The summed E-state index contributed by atoms with van der Waals surface area (Å²) in [5.74, 6) is -2.83. The Bertz CT molecular complexity index is 500. The molecule has 96 valence electrons. The van der Waals surface area contributed by atoms with Crippen LogP contribution in [0.4, 0.5) is 10.1 Å². The standard InChI is InChI=1S/C11H10FNO5/c1-2-3-4-18-10-5-7(11(14)15)9(13(16)17)6-8(10)12/h2,5-6H,1,3-4H2,(H,14,15). The normalized spacial score (nSPS) is 9.83. The van der Waals surface area contributed by atoms with E-state index < -0.39 is 28.0 Å². The van der Waals surface area contributed by atoms with Gasteiger partial charge in [0.05, 0.1) is 17.6 Å². The minimum absolute atomic E-state index is 0.108. The summed E-state index contributed by atoms with van der Waals surface area (Å²) in [7, 11) is 0. The molecule has 0 atom stereocenters. The molecule has 0 aliphatic heterocycles. The largest absolute Gasteiger partial charge is 0.490 e. The van der Waals surface area contributed by atoms with Crippen molar-refractivity contribution >= 4 is 11.7 Å². The maximum Gasteiger partial charge on any atom is 0.342 e. The number of benzene rings is 1. The lowest BCUT2D eigenvalue weighted by atomic mass is 10.1. The van der Waals surface area contributed by atoms with Crippen molar-refractivity contribution in [2.45, 2.75) is 6.42 Å². The molecule has 0 saturated carbocycles. The molecule has 0 heterocycles. The van der Waals surface area contributed by atoms with Crippen LogP contribution in [0.2, 0.25) is 0 Å². The van der Waals surface area contributed by atoms with Crippen LogP contribution in [0.5, 0.6) is 5.75 Å². The molecule has 0 bridgehead atoms. The number of aromatic carboxylic acids is 1. The van der Waals surface area contributed by atoms with E-state index in [-0.39, 0.29) is 12.4 Å². The average Bonchev–Trinajstić information content (AvgIpc) is 2.30. The fourth-order valence-electron chi connectivity index (χ4n) is 1.23. The molecule has 1 N–H and O–H groups in total. The van der Waals surface area contributed by atoms with E-state index in [2.05, 4.69) is 6.58 Å². The van der Waals surface area contributed by atoms with E-state index in [1.807, 2.05) is 0 Å². The summed E-state index contributed by atoms with van der Waals surface area (Å²) in [6.07, 6.45) is 1.99. The third-order valence-corrected chi connectivity index (χ3v) is 2.06. The number of carboxylic acids is 1. The zero-order chi connectivity index (χ0) is 13.7. The third-order valence-electron chi connectivity index (χ3n) is 2.06. The van der Waals surface area contributed by atoms with Crippen molar-refractivity contribution in [3.63, 3.8) is 0 Å². The first-order valence-corrected chi connectivity index (χ1v) is 4.92. The number of hydrogen-bond donors (Lipinski definition) is 1. The van der Waals surface area contributed by atoms with Crippen molar-refractivity contribution in [2.75, 3.05) is 6.61 Å². The number of rotatable bonds is 6. The van der Waals surface area contributed by atoms with Crippen LogP contribution in [0, 0.1) is 15.9 Å². The molecule has 0 aliphatic carbocycles. The monoisotopic (exact) mass is 255 g/mol. The van der Waals surface area contributed by atoms with Gasteiger partial charge in [0, 0.05) is 6.07 Å². The Morgan fingerprint density at radius 2 is 2.28 bits per heavy atom. The van der Waals surface area contributed by atoms with Crippen LogP contribution < -0.4 is 4.74 Å². The highest BCUT2D eigenvalue weighted by Crippen LogP contribution is 2.27. The average molecular weight is 255 g/mol. The number of ether oxygens (including phenoxy) is 1. The van der Waals surface area contributed by atoms with E-state index in [0.717, 1.165) is 6.07 Å². The summed E-state index contributed by atoms with van der Waals surface area (Å²) in [5.41, 5.74) is -1.42. The van der Waals surface area contributed by atoms with E-state index in [0.29, 0.717) is 12.5 Å². The number of nitro groups is 1. The topological polar surface area (TPSA) is 89.7 Å². The van der Waals surface area contributed by atoms with Crippen molar-refractivity contribution < 1.29 is 24.0 Å². The van der Waals surface area contributed by atoms with Crippen molar-refractivity contribution in [2.24, 2.45) is 0 Å². The van der Waals surface area contributed by atoms with Crippen LogP contribution in [0.3, 0.4) is 0 Å². The Labute approximate surface area is 101 Å². The fourth-order valence-corrected chi connectivity index (χ4v) is 1.23. The van der Waals surface area contributed by atoms with Crippen LogP contribution in [-0.4, -0.2) is 22.6 Å². The summed E-state index contributed by atoms with van der Waals surface area (Å²) in [6, 6.07) is 1.34. The molecular formula is C11H10FNO5. The Morgan fingerprint density at radius 3 is 2.78 bits per heavy atom. The minimum Gasteiger partial charge on any atom is -0.490 e. The van der Waals surface area contributed by atoms with Crippen molar-refractivity contribution in [1.29, 1.82) is 0 Å². The number of nitro benzene ring substituents is 1. The summed E-state index contributed by atoms with van der Waals surface area (Å²) in [6.45, 7) is 3.55. The van der Waals surface area contributed by atoms with Gasteiger partial charge in [-0.3, -0.25) is 10.1 Å². The zero-order valence-electron chi connectivity index (χ0n) is 9.26. The first kappa shape index (κ1) is 13.6. The lowest BCUT2D eigenvalue weighted by molar-refractivity contribution is -0.385. The van der Waals surface area contributed by atoms with Crippen LogP contribution in [0.25, 0.3) is 0 Å². The fraction of sp³-hybridized carbons (Fsp3) is 0.182. The van der Waals surface area contributed by atoms with E-state index in [1.54, 1.807) is 6.08 Å². The number of halogens is 1. The lowest BCUT2D eigenvalue weighted by Gasteiger charge is -2.07. The Balaban J connectivity index is 3.14. The molecule has 0 aromatic heterocycles. The highest BCUT2D eigenvalue weighted by atomic mass is 19.1. The van der Waals surface area contributed by atoms with Crippen LogP contribution in [-0.2, 0) is 0 Å². The number of hydrogen-bond acceptors (Lipinski definition) is 4. The van der Waals surface area contributed by atoms with Crippen molar-refractivity contribution in [3.05, 3.63) is 46.3 Å². The Morgan fingerprint density at radius 1 is 1.61 bits per heavy atom. The molecule has 7 heteroatoms. The van der Waals surface area contributed by atoms with Gasteiger partial charge in [-0.25, -0.2) is 9.18 Å². The molecule has 0 radical (unpaired) electrons. The Hall–Kier alpha value is -2.44. The zero-order valence-corrected chi connectivity index (χ0v) is 9.26. The number of nitrogens with zero attached hydrogens (tertiary/aromatic N) is 1. The summed E-state index contributed by atoms with van der Waals surface area (Å²) in [5, 5.41) is 19.4. The van der Waals surface area contributed by atoms with Gasteiger partial charge in [-0.15, -0.1) is 6.58 Å². The first-order chi connectivity index (χ1) is 8.47. The van der Waals surface area contributed by atoms with Gasteiger partial charge in [0.15, 0.2) is 11.6 Å².